The highest BCUT2D eigenvalue weighted by atomic mass is 19.4. The van der Waals surface area contributed by atoms with Crippen LogP contribution in [0.5, 0.6) is 0 Å². The third-order valence-electron chi connectivity index (χ3n) is 2.72. The molecule has 1 aliphatic carbocycles. The van der Waals surface area contributed by atoms with Gasteiger partial charge in [-0.25, -0.2) is 0 Å². The maximum atomic E-state index is 11.8. The van der Waals surface area contributed by atoms with Gasteiger partial charge in [-0.1, -0.05) is 12.8 Å². The second kappa shape index (κ2) is 4.49. The lowest BCUT2D eigenvalue weighted by atomic mass is 9.95. The van der Waals surface area contributed by atoms with E-state index in [1.54, 1.807) is 0 Å². The summed E-state index contributed by atoms with van der Waals surface area (Å²) in [6.45, 7) is -0.556. The van der Waals surface area contributed by atoms with Crippen LogP contribution in [0.2, 0.25) is 0 Å². The lowest BCUT2D eigenvalue weighted by Gasteiger charge is -2.23. The fraction of sp³-hybridized carbons (Fsp3) is 1.00. The van der Waals surface area contributed by atoms with E-state index < -0.39 is 12.7 Å². The van der Waals surface area contributed by atoms with Gasteiger partial charge in [0.1, 0.15) is 0 Å². The Morgan fingerprint density at radius 2 is 1.79 bits per heavy atom. The first-order valence-electron chi connectivity index (χ1n) is 4.98. The number of hydrogen-bond donors (Lipinski definition) is 2. The molecule has 0 amide bonds. The summed E-state index contributed by atoms with van der Waals surface area (Å²) in [5.74, 6) is 0. The maximum Gasteiger partial charge on any atom is 0.401 e. The largest absolute Gasteiger partial charge is 0.401 e. The SMILES string of the molecule is NC1(CCNCC(F)(F)F)CCCC1. The minimum absolute atomic E-state index is 0.210. The first kappa shape index (κ1) is 11.8. The number of halogens is 3. The Bertz CT molecular complexity index is 173. The fourth-order valence-corrected chi connectivity index (χ4v) is 1.90. The second-order valence-corrected chi connectivity index (χ2v) is 4.11. The topological polar surface area (TPSA) is 38.0 Å². The number of nitrogens with one attached hydrogen (secondary N) is 1. The van der Waals surface area contributed by atoms with Gasteiger partial charge in [0.15, 0.2) is 0 Å². The smallest absolute Gasteiger partial charge is 0.325 e. The van der Waals surface area contributed by atoms with Gasteiger partial charge in [-0.2, -0.15) is 13.2 Å². The molecular weight excluding hydrogens is 193 g/mol. The van der Waals surface area contributed by atoms with E-state index in [4.69, 9.17) is 5.73 Å². The Kier molecular flexibility index (Phi) is 3.78. The van der Waals surface area contributed by atoms with Crippen LogP contribution in [0.4, 0.5) is 13.2 Å². The van der Waals surface area contributed by atoms with Crippen LogP contribution in [0.25, 0.3) is 0 Å². The van der Waals surface area contributed by atoms with Crippen LogP contribution < -0.4 is 11.1 Å². The second-order valence-electron chi connectivity index (χ2n) is 4.11. The third kappa shape index (κ3) is 4.28. The zero-order chi connectivity index (χ0) is 10.7. The molecule has 84 valence electrons. The number of alkyl halides is 3. The van der Waals surface area contributed by atoms with Crippen molar-refractivity contribution < 1.29 is 13.2 Å². The molecule has 2 nitrogen and oxygen atoms in total. The average Bonchev–Trinajstić information content (AvgIpc) is 2.45. The lowest BCUT2D eigenvalue weighted by Crippen LogP contribution is -2.40. The zero-order valence-corrected chi connectivity index (χ0v) is 8.16. The molecule has 0 unspecified atom stereocenters. The van der Waals surface area contributed by atoms with Crippen molar-refractivity contribution in [2.75, 3.05) is 13.1 Å². The summed E-state index contributed by atoms with van der Waals surface area (Å²) in [5, 5.41) is 2.37. The van der Waals surface area contributed by atoms with Gasteiger partial charge < -0.3 is 11.1 Å². The zero-order valence-electron chi connectivity index (χ0n) is 8.16. The summed E-state index contributed by atoms with van der Waals surface area (Å²) in [4.78, 5) is 0. The predicted molar refractivity (Wildman–Crippen MR) is 48.9 cm³/mol. The molecule has 0 aromatic carbocycles. The standard InChI is InChI=1S/C9H17F3N2/c10-9(11,12)7-14-6-5-8(13)3-1-2-4-8/h14H,1-7,13H2. The van der Waals surface area contributed by atoms with Crippen molar-refractivity contribution >= 4 is 0 Å². The summed E-state index contributed by atoms with van der Waals surface area (Å²) in [5.41, 5.74) is 5.78. The molecule has 1 rings (SSSR count). The fourth-order valence-electron chi connectivity index (χ4n) is 1.90. The van der Waals surface area contributed by atoms with Crippen LogP contribution in [0.3, 0.4) is 0 Å². The Balaban J connectivity index is 2.09. The average molecular weight is 210 g/mol. The Morgan fingerprint density at radius 1 is 1.21 bits per heavy atom. The monoisotopic (exact) mass is 210 g/mol. The van der Waals surface area contributed by atoms with E-state index in [1.165, 1.54) is 0 Å². The van der Waals surface area contributed by atoms with Gasteiger partial charge in [0.25, 0.3) is 0 Å². The summed E-state index contributed by atoms with van der Waals surface area (Å²) in [6.07, 6.45) is 0.632. The summed E-state index contributed by atoms with van der Waals surface area (Å²) < 4.78 is 35.3. The van der Waals surface area contributed by atoms with E-state index in [1.807, 2.05) is 0 Å². The Labute approximate surface area is 82.0 Å². The van der Waals surface area contributed by atoms with Crippen LogP contribution in [-0.4, -0.2) is 24.8 Å². The van der Waals surface area contributed by atoms with Gasteiger partial charge in [0.2, 0.25) is 0 Å². The molecule has 0 atom stereocenters. The van der Waals surface area contributed by atoms with Crippen LogP contribution in [0, 0.1) is 0 Å². The predicted octanol–water partition coefficient (Wildman–Crippen LogP) is 1.80. The quantitative estimate of drug-likeness (QED) is 0.694. The molecule has 0 saturated heterocycles. The molecule has 0 heterocycles. The van der Waals surface area contributed by atoms with Crippen molar-refractivity contribution in [3.8, 4) is 0 Å². The van der Waals surface area contributed by atoms with Crippen LogP contribution in [0.15, 0.2) is 0 Å². The van der Waals surface area contributed by atoms with Crippen LogP contribution in [-0.2, 0) is 0 Å². The van der Waals surface area contributed by atoms with Gasteiger partial charge in [-0.3, -0.25) is 0 Å². The van der Waals surface area contributed by atoms with E-state index in [2.05, 4.69) is 5.32 Å². The highest BCUT2D eigenvalue weighted by molar-refractivity contribution is 4.89. The van der Waals surface area contributed by atoms with E-state index >= 15 is 0 Å². The number of rotatable bonds is 4. The molecule has 5 heteroatoms. The molecule has 0 aromatic heterocycles. The molecule has 14 heavy (non-hydrogen) atoms. The van der Waals surface area contributed by atoms with Gasteiger partial charge in [0, 0.05) is 5.54 Å². The molecule has 0 bridgehead atoms. The highest BCUT2D eigenvalue weighted by Gasteiger charge is 2.30. The molecule has 0 radical (unpaired) electrons. The summed E-state index contributed by atoms with van der Waals surface area (Å²) in [6, 6.07) is 0. The van der Waals surface area contributed by atoms with Crippen molar-refractivity contribution in [2.24, 2.45) is 5.73 Å². The van der Waals surface area contributed by atoms with E-state index in [9.17, 15) is 13.2 Å². The van der Waals surface area contributed by atoms with E-state index in [0.29, 0.717) is 13.0 Å². The minimum Gasteiger partial charge on any atom is -0.325 e. The van der Waals surface area contributed by atoms with E-state index in [0.717, 1.165) is 25.7 Å². The minimum atomic E-state index is -4.11. The van der Waals surface area contributed by atoms with Crippen molar-refractivity contribution in [3.05, 3.63) is 0 Å². The van der Waals surface area contributed by atoms with Gasteiger partial charge >= 0.3 is 6.18 Å². The van der Waals surface area contributed by atoms with Crippen molar-refractivity contribution in [3.63, 3.8) is 0 Å². The molecule has 0 spiro atoms. The molecule has 0 aliphatic heterocycles. The molecule has 3 N–H and O–H groups in total. The van der Waals surface area contributed by atoms with Gasteiger partial charge in [0.05, 0.1) is 6.54 Å². The van der Waals surface area contributed by atoms with Gasteiger partial charge in [-0.15, -0.1) is 0 Å². The van der Waals surface area contributed by atoms with Crippen LogP contribution in [0.1, 0.15) is 32.1 Å². The van der Waals surface area contributed by atoms with Crippen LogP contribution >= 0.6 is 0 Å². The first-order chi connectivity index (χ1) is 6.41. The molecular formula is C9H17F3N2. The van der Waals surface area contributed by atoms with Crippen molar-refractivity contribution in [1.82, 2.24) is 5.32 Å². The van der Waals surface area contributed by atoms with Crippen molar-refractivity contribution in [2.45, 2.75) is 43.8 Å². The van der Waals surface area contributed by atoms with E-state index in [-0.39, 0.29) is 5.54 Å². The summed E-state index contributed by atoms with van der Waals surface area (Å²) in [7, 11) is 0. The summed E-state index contributed by atoms with van der Waals surface area (Å²) >= 11 is 0. The maximum absolute atomic E-state index is 11.8. The Hall–Kier alpha value is -0.290. The number of hydrogen-bond acceptors (Lipinski definition) is 2. The first-order valence-corrected chi connectivity index (χ1v) is 4.98. The third-order valence-corrected chi connectivity index (χ3v) is 2.72. The molecule has 0 aromatic rings. The van der Waals surface area contributed by atoms with Crippen molar-refractivity contribution in [1.29, 1.82) is 0 Å². The van der Waals surface area contributed by atoms with Gasteiger partial charge in [-0.05, 0) is 25.8 Å². The highest BCUT2D eigenvalue weighted by Crippen LogP contribution is 2.29. The normalized spacial score (nSPS) is 21.4. The molecule has 1 saturated carbocycles. The lowest BCUT2D eigenvalue weighted by molar-refractivity contribution is -0.124. The molecule has 1 aliphatic rings. The number of nitrogens with two attached hydrogens (primary N) is 1. The molecule has 1 fully saturated rings. The Morgan fingerprint density at radius 3 is 2.29 bits per heavy atom.